The number of nitrogens with zero attached hydrogens (tertiary/aromatic N) is 2. The van der Waals surface area contributed by atoms with Crippen LogP contribution in [0.5, 0.6) is 0 Å². The van der Waals surface area contributed by atoms with E-state index in [-0.39, 0.29) is 36.4 Å². The maximum absolute atomic E-state index is 13.0. The number of rotatable bonds is 3. The van der Waals surface area contributed by atoms with Crippen LogP contribution in [0.1, 0.15) is 0 Å². The van der Waals surface area contributed by atoms with Crippen LogP contribution in [0.4, 0.5) is 8.78 Å². The van der Waals surface area contributed by atoms with Gasteiger partial charge in [-0.2, -0.15) is 9.13 Å². The lowest BCUT2D eigenvalue weighted by molar-refractivity contribution is -0.596. The topological polar surface area (TPSA) is 7.76 Å². The van der Waals surface area contributed by atoms with E-state index in [9.17, 15) is 8.78 Å². The first-order chi connectivity index (χ1) is 12.7. The molecule has 2 heterocycles. The van der Waals surface area contributed by atoms with Crippen molar-refractivity contribution in [1.82, 2.24) is 0 Å². The van der Waals surface area contributed by atoms with Gasteiger partial charge in [0, 0.05) is 48.5 Å². The Morgan fingerprint density at radius 1 is 0.429 bits per heavy atom. The minimum atomic E-state index is -0.246. The van der Waals surface area contributed by atoms with Gasteiger partial charge in [-0.05, 0) is 35.4 Å². The molecule has 142 valence electrons. The molecule has 0 aliphatic carbocycles. The zero-order valence-electron chi connectivity index (χ0n) is 14.6. The Bertz CT molecular complexity index is 931. The summed E-state index contributed by atoms with van der Waals surface area (Å²) in [5.41, 5.74) is 3.96. The summed E-state index contributed by atoms with van der Waals surface area (Å²) in [5, 5.41) is 0. The Hall–Kier alpha value is -2.82. The van der Waals surface area contributed by atoms with Gasteiger partial charge in [0.2, 0.25) is 11.4 Å². The van der Waals surface area contributed by atoms with Crippen LogP contribution in [-0.2, 0) is 0 Å². The highest BCUT2D eigenvalue weighted by atomic mass is 35.5. The normalized spacial score (nSPS) is 9.93. The van der Waals surface area contributed by atoms with Crippen LogP contribution < -0.4 is 33.9 Å². The Kier molecular flexibility index (Phi) is 7.21. The summed E-state index contributed by atoms with van der Waals surface area (Å²) in [7, 11) is 0. The summed E-state index contributed by atoms with van der Waals surface area (Å²) < 4.78 is 29.9. The van der Waals surface area contributed by atoms with Gasteiger partial charge in [0.1, 0.15) is 11.6 Å². The molecule has 0 amide bonds. The van der Waals surface area contributed by atoms with E-state index >= 15 is 0 Å². The van der Waals surface area contributed by atoms with E-state index in [1.165, 1.54) is 24.3 Å². The number of pyridine rings is 2. The van der Waals surface area contributed by atoms with Gasteiger partial charge in [-0.1, -0.05) is 0 Å². The fraction of sp³-hybridized carbons (Fsp3) is 0. The average Bonchev–Trinajstić information content (AvgIpc) is 2.70. The lowest BCUT2D eigenvalue weighted by atomic mass is 10.1. The summed E-state index contributed by atoms with van der Waals surface area (Å²) in [4.78, 5) is 0. The first kappa shape index (κ1) is 21.5. The standard InChI is InChI=1S/C22H16F2N2.2ClH/c23-19-1-5-21(6-2-19)25-13-9-17(10-14-25)18-11-15-26(16-12-18)22-7-3-20(24)4-8-22;;/h1-16H;2*1H/q+2;;/p-2. The molecule has 0 aliphatic rings. The summed E-state index contributed by atoms with van der Waals surface area (Å²) >= 11 is 0. The van der Waals surface area contributed by atoms with Gasteiger partial charge in [-0.15, -0.1) is 0 Å². The lowest BCUT2D eigenvalue weighted by Crippen LogP contribution is -3.00. The van der Waals surface area contributed by atoms with Gasteiger partial charge in [-0.25, -0.2) is 8.78 Å². The van der Waals surface area contributed by atoms with Gasteiger partial charge in [-0.3, -0.25) is 0 Å². The van der Waals surface area contributed by atoms with Crippen molar-refractivity contribution in [2.24, 2.45) is 0 Å². The third-order valence-corrected chi connectivity index (χ3v) is 4.24. The lowest BCUT2D eigenvalue weighted by Gasteiger charge is -2.01. The third-order valence-electron chi connectivity index (χ3n) is 4.24. The van der Waals surface area contributed by atoms with Crippen molar-refractivity contribution in [3.8, 4) is 22.5 Å². The largest absolute Gasteiger partial charge is 1.00 e. The van der Waals surface area contributed by atoms with Crippen LogP contribution >= 0.6 is 0 Å². The second-order valence-corrected chi connectivity index (χ2v) is 5.94. The number of hydrogen-bond donors (Lipinski definition) is 0. The molecule has 0 radical (unpaired) electrons. The molecule has 2 aromatic heterocycles. The minimum Gasteiger partial charge on any atom is -1.00 e. The van der Waals surface area contributed by atoms with Crippen LogP contribution in [0.15, 0.2) is 97.6 Å². The van der Waals surface area contributed by atoms with Crippen LogP contribution in [-0.4, -0.2) is 0 Å². The Morgan fingerprint density at radius 2 is 0.714 bits per heavy atom. The molecular formula is C22H16Cl2F2N2. The maximum Gasteiger partial charge on any atom is 0.210 e. The Labute approximate surface area is 174 Å². The van der Waals surface area contributed by atoms with Crippen molar-refractivity contribution in [3.05, 3.63) is 109 Å². The quantitative estimate of drug-likeness (QED) is 0.348. The SMILES string of the molecule is Fc1ccc(-[n+]2ccc(-c3cc[n+](-c4ccc(F)cc4)cc3)cc2)cc1.[Cl-].[Cl-]. The first-order valence-corrected chi connectivity index (χ1v) is 8.24. The molecule has 0 bridgehead atoms. The monoisotopic (exact) mass is 416 g/mol. The summed E-state index contributed by atoms with van der Waals surface area (Å²) in [5.74, 6) is -0.491. The zero-order chi connectivity index (χ0) is 17.9. The fourth-order valence-corrected chi connectivity index (χ4v) is 2.81. The van der Waals surface area contributed by atoms with Crippen LogP contribution in [0.3, 0.4) is 0 Å². The summed E-state index contributed by atoms with van der Waals surface area (Å²) in [6.45, 7) is 0. The van der Waals surface area contributed by atoms with Crippen molar-refractivity contribution in [2.75, 3.05) is 0 Å². The van der Waals surface area contributed by atoms with E-state index in [0.717, 1.165) is 22.5 Å². The predicted molar refractivity (Wildman–Crippen MR) is 94.9 cm³/mol. The molecule has 4 rings (SSSR count). The van der Waals surface area contributed by atoms with Crippen LogP contribution in [0, 0.1) is 11.6 Å². The summed E-state index contributed by atoms with van der Waals surface area (Å²) in [6, 6.07) is 20.8. The molecule has 0 fully saturated rings. The number of hydrogen-bond acceptors (Lipinski definition) is 0. The first-order valence-electron chi connectivity index (χ1n) is 8.24. The van der Waals surface area contributed by atoms with Crippen molar-refractivity contribution in [2.45, 2.75) is 0 Å². The molecule has 0 unspecified atom stereocenters. The fourth-order valence-electron chi connectivity index (χ4n) is 2.81. The molecule has 0 atom stereocenters. The van der Waals surface area contributed by atoms with Crippen molar-refractivity contribution < 1.29 is 42.7 Å². The Morgan fingerprint density at radius 3 is 1.00 bits per heavy atom. The molecule has 2 nitrogen and oxygen atoms in total. The predicted octanol–water partition coefficient (Wildman–Crippen LogP) is -1.81. The van der Waals surface area contributed by atoms with Gasteiger partial charge < -0.3 is 24.8 Å². The molecule has 2 aromatic carbocycles. The maximum atomic E-state index is 13.0. The molecule has 4 aromatic rings. The molecule has 0 N–H and O–H groups in total. The van der Waals surface area contributed by atoms with Gasteiger partial charge >= 0.3 is 0 Å². The van der Waals surface area contributed by atoms with Crippen LogP contribution in [0.2, 0.25) is 0 Å². The molecular weight excluding hydrogens is 401 g/mol. The molecule has 6 heteroatoms. The second-order valence-electron chi connectivity index (χ2n) is 5.94. The van der Waals surface area contributed by atoms with E-state index in [1.54, 1.807) is 24.3 Å². The molecule has 28 heavy (non-hydrogen) atoms. The second kappa shape index (κ2) is 9.40. The summed E-state index contributed by atoms with van der Waals surface area (Å²) in [6.07, 6.45) is 7.79. The molecule has 0 saturated carbocycles. The van der Waals surface area contributed by atoms with E-state index < -0.39 is 0 Å². The molecule has 0 spiro atoms. The van der Waals surface area contributed by atoms with E-state index in [0.29, 0.717) is 0 Å². The van der Waals surface area contributed by atoms with Gasteiger partial charge in [0.05, 0.1) is 0 Å². The van der Waals surface area contributed by atoms with E-state index in [2.05, 4.69) is 0 Å². The third kappa shape index (κ3) is 4.71. The van der Waals surface area contributed by atoms with Crippen molar-refractivity contribution in [1.29, 1.82) is 0 Å². The average molecular weight is 417 g/mol. The van der Waals surface area contributed by atoms with Gasteiger partial charge in [0.25, 0.3) is 0 Å². The van der Waals surface area contributed by atoms with Crippen molar-refractivity contribution >= 4 is 0 Å². The highest BCUT2D eigenvalue weighted by molar-refractivity contribution is 5.61. The zero-order valence-corrected chi connectivity index (χ0v) is 16.2. The molecule has 0 aliphatic heterocycles. The number of benzene rings is 2. The number of aromatic nitrogens is 2. The highest BCUT2D eigenvalue weighted by Crippen LogP contribution is 2.16. The van der Waals surface area contributed by atoms with E-state index in [1.807, 2.05) is 58.2 Å². The number of halogens is 4. The van der Waals surface area contributed by atoms with Gasteiger partial charge in [0.15, 0.2) is 24.8 Å². The van der Waals surface area contributed by atoms with Crippen LogP contribution in [0.25, 0.3) is 22.5 Å². The molecule has 0 saturated heterocycles. The van der Waals surface area contributed by atoms with Crippen molar-refractivity contribution in [3.63, 3.8) is 0 Å². The Balaban J connectivity index is 0.00000140. The minimum absolute atomic E-state index is 0. The highest BCUT2D eigenvalue weighted by Gasteiger charge is 2.09. The smallest absolute Gasteiger partial charge is 0.210 e. The van der Waals surface area contributed by atoms with E-state index in [4.69, 9.17) is 0 Å².